The highest BCUT2D eigenvalue weighted by Gasteiger charge is 2.26. The fourth-order valence-electron chi connectivity index (χ4n) is 2.46. The summed E-state index contributed by atoms with van der Waals surface area (Å²) >= 11 is 0. The summed E-state index contributed by atoms with van der Waals surface area (Å²) in [6, 6.07) is 5.74. The number of hydrogen-bond acceptors (Lipinski definition) is 3. The summed E-state index contributed by atoms with van der Waals surface area (Å²) in [7, 11) is 0. The quantitative estimate of drug-likeness (QED) is 0.815. The predicted molar refractivity (Wildman–Crippen MR) is 76.1 cm³/mol. The van der Waals surface area contributed by atoms with E-state index in [2.05, 4.69) is 16.9 Å². The molecule has 0 amide bonds. The number of imidazole rings is 1. The van der Waals surface area contributed by atoms with Gasteiger partial charge in [0.05, 0.1) is 18.2 Å². The maximum absolute atomic E-state index is 11.1. The van der Waals surface area contributed by atoms with Crippen molar-refractivity contribution in [2.45, 2.75) is 38.2 Å². The highest BCUT2D eigenvalue weighted by molar-refractivity contribution is 5.78. The van der Waals surface area contributed by atoms with Crippen LogP contribution in [-0.2, 0) is 0 Å². The Morgan fingerprint density at radius 1 is 1.50 bits per heavy atom. The van der Waals surface area contributed by atoms with E-state index in [0.717, 1.165) is 35.3 Å². The van der Waals surface area contributed by atoms with Crippen molar-refractivity contribution in [3.05, 3.63) is 47.5 Å². The molecule has 4 heteroatoms. The minimum absolute atomic E-state index is 0.0355. The van der Waals surface area contributed by atoms with E-state index >= 15 is 0 Å². The van der Waals surface area contributed by atoms with Crippen LogP contribution in [-0.4, -0.2) is 16.3 Å². The second kappa shape index (κ2) is 5.49. The first-order valence-corrected chi connectivity index (χ1v) is 7.06. The third-order valence-corrected chi connectivity index (χ3v) is 3.72. The van der Waals surface area contributed by atoms with Gasteiger partial charge in [-0.15, -0.1) is 0 Å². The second-order valence-corrected chi connectivity index (χ2v) is 5.20. The molecular formula is C16H18N2O2. The Hall–Kier alpha value is -2.10. The Morgan fingerprint density at radius 2 is 2.35 bits per heavy atom. The van der Waals surface area contributed by atoms with Crippen molar-refractivity contribution < 1.29 is 9.53 Å². The van der Waals surface area contributed by atoms with Gasteiger partial charge in [-0.05, 0) is 48.9 Å². The number of hydrogen-bond donors (Lipinski definition) is 1. The molecule has 3 rings (SSSR count). The molecule has 4 nitrogen and oxygen atoms in total. The fourth-order valence-corrected chi connectivity index (χ4v) is 2.46. The maximum atomic E-state index is 11.1. The molecule has 1 fully saturated rings. The molecule has 1 aliphatic carbocycles. The van der Waals surface area contributed by atoms with Gasteiger partial charge < -0.3 is 9.72 Å². The van der Waals surface area contributed by atoms with Crippen LogP contribution in [0.15, 0.2) is 30.7 Å². The van der Waals surface area contributed by atoms with Crippen LogP contribution in [0, 0.1) is 0 Å². The summed E-state index contributed by atoms with van der Waals surface area (Å²) < 4.78 is 6.04. The van der Waals surface area contributed by atoms with Gasteiger partial charge in [-0.1, -0.05) is 6.92 Å². The number of H-pyrrole nitrogens is 1. The van der Waals surface area contributed by atoms with Crippen LogP contribution in [0.2, 0.25) is 0 Å². The van der Waals surface area contributed by atoms with Crippen LogP contribution in [0.4, 0.5) is 0 Å². The summed E-state index contributed by atoms with van der Waals surface area (Å²) in [5, 5.41) is 0. The molecule has 1 aromatic carbocycles. The van der Waals surface area contributed by atoms with E-state index < -0.39 is 0 Å². The van der Waals surface area contributed by atoms with E-state index in [1.165, 1.54) is 12.8 Å². The number of rotatable bonds is 6. The summed E-state index contributed by atoms with van der Waals surface area (Å²) in [5.74, 6) is 1.35. The second-order valence-electron chi connectivity index (χ2n) is 5.20. The van der Waals surface area contributed by atoms with Gasteiger partial charge in [-0.25, -0.2) is 4.98 Å². The average Bonchev–Trinajstić information content (AvgIpc) is 3.19. The van der Waals surface area contributed by atoms with Crippen molar-refractivity contribution in [1.82, 2.24) is 9.97 Å². The maximum Gasteiger partial charge on any atom is 0.150 e. The lowest BCUT2D eigenvalue weighted by Crippen LogP contribution is -2.07. The van der Waals surface area contributed by atoms with Crippen molar-refractivity contribution in [2.24, 2.45) is 0 Å². The Morgan fingerprint density at radius 3 is 2.95 bits per heavy atom. The summed E-state index contributed by atoms with van der Waals surface area (Å²) in [4.78, 5) is 18.2. The first kappa shape index (κ1) is 12.9. The third-order valence-electron chi connectivity index (χ3n) is 3.72. The van der Waals surface area contributed by atoms with Crippen LogP contribution in [0.25, 0.3) is 0 Å². The Kier molecular flexibility index (Phi) is 3.54. The molecule has 104 valence electrons. The Labute approximate surface area is 118 Å². The van der Waals surface area contributed by atoms with E-state index in [9.17, 15) is 4.79 Å². The number of carbonyl (C=O) groups excluding carboxylic acids is 1. The molecule has 1 atom stereocenters. The topological polar surface area (TPSA) is 55.0 Å². The predicted octanol–water partition coefficient (Wildman–Crippen LogP) is 3.63. The lowest BCUT2D eigenvalue weighted by Gasteiger charge is -2.17. The highest BCUT2D eigenvalue weighted by Crippen LogP contribution is 2.42. The van der Waals surface area contributed by atoms with Gasteiger partial charge in [-0.3, -0.25) is 4.79 Å². The molecule has 20 heavy (non-hydrogen) atoms. The summed E-state index contributed by atoms with van der Waals surface area (Å²) in [6.07, 6.45) is 7.54. The third kappa shape index (κ3) is 2.59. The number of nitrogens with one attached hydrogen (secondary N) is 1. The smallest absolute Gasteiger partial charge is 0.150 e. The van der Waals surface area contributed by atoms with Crippen molar-refractivity contribution in [2.75, 3.05) is 0 Å². The van der Waals surface area contributed by atoms with Gasteiger partial charge in [0.25, 0.3) is 0 Å². The van der Waals surface area contributed by atoms with Crippen molar-refractivity contribution >= 4 is 6.29 Å². The van der Waals surface area contributed by atoms with Crippen molar-refractivity contribution in [3.63, 3.8) is 0 Å². The van der Waals surface area contributed by atoms with E-state index in [1.807, 2.05) is 18.2 Å². The van der Waals surface area contributed by atoms with Gasteiger partial charge in [0, 0.05) is 5.56 Å². The van der Waals surface area contributed by atoms with Gasteiger partial charge in [0.15, 0.2) is 0 Å². The minimum Gasteiger partial charge on any atom is -0.484 e. The van der Waals surface area contributed by atoms with Crippen molar-refractivity contribution in [1.29, 1.82) is 0 Å². The van der Waals surface area contributed by atoms with E-state index in [1.54, 1.807) is 12.5 Å². The van der Waals surface area contributed by atoms with Crippen LogP contribution in [0.3, 0.4) is 0 Å². The van der Waals surface area contributed by atoms with E-state index in [-0.39, 0.29) is 6.10 Å². The van der Waals surface area contributed by atoms with Crippen LogP contribution in [0.1, 0.15) is 59.8 Å². The SMILES string of the molecule is CCC(Oc1ccc(C=O)c(C2CC2)c1)c1cnc[nH]1. The number of aromatic amines is 1. The number of carbonyl (C=O) groups is 1. The molecule has 1 saturated carbocycles. The van der Waals surface area contributed by atoms with Gasteiger partial charge in [0.2, 0.25) is 0 Å². The first-order valence-electron chi connectivity index (χ1n) is 7.06. The summed E-state index contributed by atoms with van der Waals surface area (Å²) in [5.41, 5.74) is 2.88. The van der Waals surface area contributed by atoms with Crippen molar-refractivity contribution in [3.8, 4) is 5.75 Å². The van der Waals surface area contributed by atoms with Gasteiger partial charge in [0.1, 0.15) is 18.1 Å². The molecule has 0 radical (unpaired) electrons. The number of nitrogens with zero attached hydrogens (tertiary/aromatic N) is 1. The first-order chi connectivity index (χ1) is 9.81. The molecular weight excluding hydrogens is 252 g/mol. The highest BCUT2D eigenvalue weighted by atomic mass is 16.5. The molecule has 1 heterocycles. The molecule has 0 saturated heterocycles. The Bertz CT molecular complexity index is 589. The summed E-state index contributed by atoms with van der Waals surface area (Å²) in [6.45, 7) is 2.08. The largest absolute Gasteiger partial charge is 0.484 e. The Balaban J connectivity index is 1.83. The van der Waals surface area contributed by atoms with E-state index in [0.29, 0.717) is 5.92 Å². The van der Waals surface area contributed by atoms with Crippen LogP contribution in [0.5, 0.6) is 5.75 Å². The lowest BCUT2D eigenvalue weighted by atomic mass is 10.0. The zero-order chi connectivity index (χ0) is 13.9. The molecule has 0 bridgehead atoms. The minimum atomic E-state index is -0.0355. The van der Waals surface area contributed by atoms with Crippen LogP contribution < -0.4 is 4.74 Å². The normalized spacial score (nSPS) is 15.8. The average molecular weight is 270 g/mol. The number of aldehydes is 1. The molecule has 0 aliphatic heterocycles. The molecule has 2 aromatic rings. The van der Waals surface area contributed by atoms with Crippen LogP contribution >= 0.6 is 0 Å². The monoisotopic (exact) mass is 270 g/mol. The zero-order valence-electron chi connectivity index (χ0n) is 11.5. The number of aromatic nitrogens is 2. The molecule has 1 aromatic heterocycles. The standard InChI is InChI=1S/C16H18N2O2/c1-2-16(15-8-17-10-18-15)20-13-6-5-12(9-19)14(7-13)11-3-4-11/h5-11,16H,2-4H2,1H3,(H,17,18). The lowest BCUT2D eigenvalue weighted by molar-refractivity contribution is 0.112. The van der Waals surface area contributed by atoms with Gasteiger partial charge in [-0.2, -0.15) is 0 Å². The fraction of sp³-hybridized carbons (Fsp3) is 0.375. The molecule has 1 N–H and O–H groups in total. The molecule has 1 unspecified atom stereocenters. The zero-order valence-corrected chi connectivity index (χ0v) is 11.5. The number of ether oxygens (including phenoxy) is 1. The number of benzene rings is 1. The molecule has 1 aliphatic rings. The van der Waals surface area contributed by atoms with E-state index in [4.69, 9.17) is 4.74 Å². The van der Waals surface area contributed by atoms with Gasteiger partial charge >= 0.3 is 0 Å². The molecule has 0 spiro atoms.